The Balaban J connectivity index is 1.62. The van der Waals surface area contributed by atoms with Gasteiger partial charge in [0.25, 0.3) is 0 Å². The molecule has 1 aliphatic rings. The van der Waals surface area contributed by atoms with Crippen LogP contribution < -0.4 is 0 Å². The molecule has 0 N–H and O–H groups in total. The molecule has 0 saturated carbocycles. The molecule has 0 bridgehead atoms. The van der Waals surface area contributed by atoms with E-state index in [1.54, 1.807) is 12.1 Å². The molecule has 0 spiro atoms. The van der Waals surface area contributed by atoms with Crippen LogP contribution in [-0.2, 0) is 17.8 Å². The molecule has 3 nitrogen and oxygen atoms in total. The fraction of sp³-hybridized carbons (Fsp3) is 0.227. The van der Waals surface area contributed by atoms with Gasteiger partial charge >= 0.3 is 0 Å². The predicted molar refractivity (Wildman–Crippen MR) is 99.2 cm³/mol. The summed E-state index contributed by atoms with van der Waals surface area (Å²) in [5, 5.41) is 0. The Labute approximate surface area is 152 Å². The molecule has 1 amide bonds. The Morgan fingerprint density at radius 3 is 2.54 bits per heavy atom. The molecule has 1 unspecified atom stereocenters. The summed E-state index contributed by atoms with van der Waals surface area (Å²) in [7, 11) is 0. The highest BCUT2D eigenvalue weighted by atomic mass is 19.1. The maximum atomic E-state index is 14.5. The van der Waals surface area contributed by atoms with Gasteiger partial charge in [-0.2, -0.15) is 0 Å². The number of rotatable bonds is 4. The standard InChI is InChI=1S/C22H21FN2O/c23-19-10-5-4-9-18(19)22-20-11-6-14-24(20)15-16-25(22)21(26)13-12-17-7-2-1-3-8-17/h1-11,14,22H,12-13,15-16H2. The van der Waals surface area contributed by atoms with E-state index in [1.165, 1.54) is 6.07 Å². The van der Waals surface area contributed by atoms with Crippen LogP contribution in [0.5, 0.6) is 0 Å². The molecule has 2 aromatic carbocycles. The molecule has 0 fully saturated rings. The molecule has 4 rings (SSSR count). The average molecular weight is 348 g/mol. The van der Waals surface area contributed by atoms with Gasteiger partial charge in [-0.05, 0) is 30.2 Å². The van der Waals surface area contributed by atoms with Crippen molar-refractivity contribution in [3.63, 3.8) is 0 Å². The maximum Gasteiger partial charge on any atom is 0.223 e. The van der Waals surface area contributed by atoms with Gasteiger partial charge in [-0.3, -0.25) is 4.79 Å². The van der Waals surface area contributed by atoms with Crippen LogP contribution in [-0.4, -0.2) is 21.9 Å². The first-order valence-corrected chi connectivity index (χ1v) is 8.97. The van der Waals surface area contributed by atoms with E-state index in [0.717, 1.165) is 17.8 Å². The second kappa shape index (κ2) is 7.16. The van der Waals surface area contributed by atoms with Crippen LogP contribution in [0.3, 0.4) is 0 Å². The Morgan fingerprint density at radius 1 is 0.962 bits per heavy atom. The summed E-state index contributed by atoms with van der Waals surface area (Å²) in [6, 6.07) is 20.3. The van der Waals surface area contributed by atoms with Gasteiger partial charge in [0, 0.05) is 37.0 Å². The van der Waals surface area contributed by atoms with Crippen LogP contribution in [0.1, 0.15) is 29.3 Å². The number of hydrogen-bond acceptors (Lipinski definition) is 1. The second-order valence-electron chi connectivity index (χ2n) is 6.62. The normalized spacial score (nSPS) is 16.3. The first-order valence-electron chi connectivity index (χ1n) is 8.97. The fourth-order valence-electron chi connectivity index (χ4n) is 3.72. The molecule has 3 aromatic rings. The third kappa shape index (κ3) is 3.15. The highest BCUT2D eigenvalue weighted by Crippen LogP contribution is 2.34. The van der Waals surface area contributed by atoms with Crippen molar-refractivity contribution in [1.29, 1.82) is 0 Å². The van der Waals surface area contributed by atoms with Crippen molar-refractivity contribution in [3.05, 3.63) is 95.6 Å². The highest BCUT2D eigenvalue weighted by molar-refractivity contribution is 5.77. The van der Waals surface area contributed by atoms with Gasteiger partial charge in [0.15, 0.2) is 0 Å². The summed E-state index contributed by atoms with van der Waals surface area (Å²) in [5.74, 6) is -0.206. The number of halogens is 1. The van der Waals surface area contributed by atoms with Gasteiger partial charge in [-0.25, -0.2) is 4.39 Å². The van der Waals surface area contributed by atoms with Crippen molar-refractivity contribution in [1.82, 2.24) is 9.47 Å². The summed E-state index contributed by atoms with van der Waals surface area (Å²) in [4.78, 5) is 14.8. The predicted octanol–water partition coefficient (Wildman–Crippen LogP) is 4.19. The second-order valence-corrected chi connectivity index (χ2v) is 6.62. The van der Waals surface area contributed by atoms with Crippen LogP contribution in [0.15, 0.2) is 72.9 Å². The Hall–Kier alpha value is -2.88. The monoisotopic (exact) mass is 348 g/mol. The van der Waals surface area contributed by atoms with Crippen LogP contribution in [0, 0.1) is 5.82 Å². The number of aromatic nitrogens is 1. The number of carbonyl (C=O) groups excluding carboxylic acids is 1. The third-order valence-corrected chi connectivity index (χ3v) is 5.03. The smallest absolute Gasteiger partial charge is 0.223 e. The van der Waals surface area contributed by atoms with Crippen molar-refractivity contribution in [3.8, 4) is 0 Å². The van der Waals surface area contributed by atoms with Gasteiger partial charge in [-0.15, -0.1) is 0 Å². The van der Waals surface area contributed by atoms with E-state index in [2.05, 4.69) is 4.57 Å². The topological polar surface area (TPSA) is 25.2 Å². The summed E-state index contributed by atoms with van der Waals surface area (Å²) < 4.78 is 16.6. The summed E-state index contributed by atoms with van der Waals surface area (Å²) >= 11 is 0. The van der Waals surface area contributed by atoms with Gasteiger partial charge in [0.05, 0.1) is 0 Å². The van der Waals surface area contributed by atoms with Crippen LogP contribution >= 0.6 is 0 Å². The number of fused-ring (bicyclic) bond motifs is 1. The zero-order chi connectivity index (χ0) is 17.9. The number of aryl methyl sites for hydroxylation is 1. The number of amides is 1. The molecule has 2 heterocycles. The van der Waals surface area contributed by atoms with Crippen molar-refractivity contribution >= 4 is 5.91 Å². The minimum absolute atomic E-state index is 0.0644. The molecule has 1 aromatic heterocycles. The minimum atomic E-state index is -0.372. The molecular formula is C22H21FN2O. The molecule has 1 aliphatic heterocycles. The van der Waals surface area contributed by atoms with Crippen molar-refractivity contribution < 1.29 is 9.18 Å². The van der Waals surface area contributed by atoms with Gasteiger partial charge in [-0.1, -0.05) is 48.5 Å². The number of carbonyl (C=O) groups is 1. The Morgan fingerprint density at radius 2 is 1.73 bits per heavy atom. The maximum absolute atomic E-state index is 14.5. The Kier molecular flexibility index (Phi) is 4.57. The van der Waals surface area contributed by atoms with E-state index >= 15 is 0 Å². The van der Waals surface area contributed by atoms with Crippen LogP contribution in [0.2, 0.25) is 0 Å². The molecule has 0 aliphatic carbocycles. The van der Waals surface area contributed by atoms with E-state index in [0.29, 0.717) is 24.9 Å². The van der Waals surface area contributed by atoms with Gasteiger partial charge in [0.1, 0.15) is 11.9 Å². The molecule has 1 atom stereocenters. The molecule has 4 heteroatoms. The summed E-state index contributed by atoms with van der Waals surface area (Å²) in [6.45, 7) is 1.33. The van der Waals surface area contributed by atoms with Crippen molar-refractivity contribution in [2.24, 2.45) is 0 Å². The van der Waals surface area contributed by atoms with E-state index in [1.807, 2.05) is 59.6 Å². The van der Waals surface area contributed by atoms with Gasteiger partial charge < -0.3 is 9.47 Å². The highest BCUT2D eigenvalue weighted by Gasteiger charge is 2.33. The van der Waals surface area contributed by atoms with Crippen LogP contribution in [0.25, 0.3) is 0 Å². The lowest BCUT2D eigenvalue weighted by atomic mass is 9.98. The van der Waals surface area contributed by atoms with Gasteiger partial charge in [0.2, 0.25) is 5.91 Å². The van der Waals surface area contributed by atoms with Crippen molar-refractivity contribution in [2.75, 3.05) is 6.54 Å². The van der Waals surface area contributed by atoms with E-state index in [9.17, 15) is 9.18 Å². The average Bonchev–Trinajstić information content (AvgIpc) is 3.15. The van der Waals surface area contributed by atoms with E-state index in [4.69, 9.17) is 0 Å². The molecule has 0 saturated heterocycles. The lowest BCUT2D eigenvalue weighted by Crippen LogP contribution is -2.42. The Bertz CT molecular complexity index is 903. The van der Waals surface area contributed by atoms with Crippen LogP contribution in [0.4, 0.5) is 4.39 Å². The molecule has 0 radical (unpaired) electrons. The van der Waals surface area contributed by atoms with E-state index < -0.39 is 0 Å². The quantitative estimate of drug-likeness (QED) is 0.694. The molecule has 26 heavy (non-hydrogen) atoms. The zero-order valence-electron chi connectivity index (χ0n) is 14.5. The lowest BCUT2D eigenvalue weighted by molar-refractivity contribution is -0.133. The van der Waals surface area contributed by atoms with E-state index in [-0.39, 0.29) is 17.8 Å². The first-order chi connectivity index (χ1) is 12.7. The molecular weight excluding hydrogens is 327 g/mol. The number of nitrogens with zero attached hydrogens (tertiary/aromatic N) is 2. The lowest BCUT2D eigenvalue weighted by Gasteiger charge is -2.37. The number of hydrogen-bond donors (Lipinski definition) is 0. The summed E-state index contributed by atoms with van der Waals surface area (Å²) in [5.41, 5.74) is 2.67. The largest absolute Gasteiger partial charge is 0.348 e. The first kappa shape index (κ1) is 16.6. The number of benzene rings is 2. The SMILES string of the molecule is O=C(CCc1ccccc1)N1CCn2cccc2C1c1ccccc1F. The zero-order valence-corrected chi connectivity index (χ0v) is 14.5. The summed E-state index contributed by atoms with van der Waals surface area (Å²) in [6.07, 6.45) is 3.12. The third-order valence-electron chi connectivity index (χ3n) is 5.03. The molecule has 132 valence electrons. The fourth-order valence-corrected chi connectivity index (χ4v) is 3.72. The minimum Gasteiger partial charge on any atom is -0.348 e. The van der Waals surface area contributed by atoms with Crippen molar-refractivity contribution in [2.45, 2.75) is 25.4 Å².